The Morgan fingerprint density at radius 2 is 0.772 bits per heavy atom. The number of unbranched alkanes of at least 4 members (excludes halogenated alkanes) is 34. The van der Waals surface area contributed by atoms with Gasteiger partial charge in [-0.25, -0.2) is 0 Å². The molecular weight excluding hydrogens is 1180 g/mol. The van der Waals surface area contributed by atoms with E-state index in [9.17, 15) is 15.3 Å². The number of hydrogen-bond acceptors (Lipinski definition) is 4. The third kappa shape index (κ3) is 38.8. The van der Waals surface area contributed by atoms with Crippen molar-refractivity contribution in [2.75, 3.05) is 5.34 Å². The molecule has 0 saturated carbocycles. The maximum absolute atomic E-state index is 11.0. The summed E-state index contributed by atoms with van der Waals surface area (Å²) in [5.41, 5.74) is 7.68. The average molecular weight is 1330 g/mol. The molecule has 3 aliphatic rings. The van der Waals surface area contributed by atoms with E-state index in [4.69, 9.17) is 27.9 Å². The molecule has 530 valence electrons. The lowest BCUT2D eigenvalue weighted by molar-refractivity contribution is 0.0107. The molecule has 0 radical (unpaired) electrons. The number of fused-ring (bicyclic) bond motifs is 3. The van der Waals surface area contributed by atoms with Crippen molar-refractivity contribution in [1.29, 1.82) is 0 Å². The highest BCUT2D eigenvalue weighted by molar-refractivity contribution is 6.58. The van der Waals surface area contributed by atoms with Crippen molar-refractivity contribution in [3.05, 3.63) is 82.0 Å². The number of hydrogen-bond donors (Lipinski definition) is 3. The van der Waals surface area contributed by atoms with Crippen LogP contribution in [0.25, 0.3) is 0 Å². The molecule has 4 atom stereocenters. The molecule has 92 heavy (non-hydrogen) atoms. The third-order valence-corrected chi connectivity index (χ3v) is 25.3. The van der Waals surface area contributed by atoms with E-state index in [0.29, 0.717) is 17.2 Å². The molecule has 1 aliphatic heterocycles. The van der Waals surface area contributed by atoms with Gasteiger partial charge in [-0.2, -0.15) is 0 Å². The second-order valence-electron chi connectivity index (χ2n) is 31.4. The van der Waals surface area contributed by atoms with Crippen LogP contribution < -0.4 is 4.74 Å². The highest BCUT2D eigenvalue weighted by Crippen LogP contribution is 2.54. The van der Waals surface area contributed by atoms with Crippen molar-refractivity contribution in [2.24, 2.45) is 29.6 Å². The topological polar surface area (TPSA) is 69.9 Å². The first-order valence-corrected chi connectivity index (χ1v) is 42.9. The number of rotatable bonds is 46. The van der Waals surface area contributed by atoms with E-state index in [1.807, 2.05) is 18.2 Å². The summed E-state index contributed by atoms with van der Waals surface area (Å²) in [6.45, 7) is 33.9. The van der Waals surface area contributed by atoms with E-state index in [1.54, 1.807) is 15.8 Å². The van der Waals surface area contributed by atoms with E-state index in [-0.39, 0.29) is 40.2 Å². The lowest BCUT2D eigenvalue weighted by Crippen LogP contribution is -2.45. The number of phenolic OH excluding ortho intramolecular Hbond substituents is 3. The molecule has 0 aromatic heterocycles. The summed E-state index contributed by atoms with van der Waals surface area (Å²) in [6, 6.07) is 8.01. The van der Waals surface area contributed by atoms with Crippen LogP contribution in [0, 0.1) is 29.6 Å². The van der Waals surface area contributed by atoms with Crippen LogP contribution in [-0.2, 0) is 12.8 Å². The molecule has 5 rings (SSSR count). The van der Waals surface area contributed by atoms with Crippen molar-refractivity contribution >= 4 is 37.4 Å². The quantitative estimate of drug-likeness (QED) is 0.0267. The van der Waals surface area contributed by atoms with Gasteiger partial charge in [-0.3, -0.25) is 0 Å². The summed E-state index contributed by atoms with van der Waals surface area (Å²) < 4.78 is 6.50. The molecule has 0 bridgehead atoms. The Kier molecular flexibility index (Phi) is 49.6. The minimum atomic E-state index is -0.407. The van der Waals surface area contributed by atoms with Gasteiger partial charge in [0.25, 0.3) is 14.1 Å². The molecule has 7 heteroatoms. The Bertz CT molecular complexity index is 2180. The fraction of sp³-hybridized carbons (Fsp3) is 0.788. The summed E-state index contributed by atoms with van der Waals surface area (Å²) in [6.07, 6.45) is 61.1. The summed E-state index contributed by atoms with van der Waals surface area (Å²) in [5, 5.41) is 37.5. The first kappa shape index (κ1) is 86.1. The smallest absolute Gasteiger partial charge is 0.262 e. The Morgan fingerprint density at radius 3 is 1.10 bits per heavy atom. The molecule has 3 N–H and O–H groups in total. The molecule has 2 aliphatic carbocycles. The number of phenols is 3. The van der Waals surface area contributed by atoms with Crippen molar-refractivity contribution < 1.29 is 20.1 Å². The number of ether oxygens (including phenoxy) is 1. The lowest BCUT2D eigenvalue weighted by Gasteiger charge is -2.46. The normalized spacial score (nSPS) is 17.3. The molecule has 0 spiro atoms. The number of aryl methyl sites for hydroxylation is 2. The highest BCUT2D eigenvalue weighted by atomic mass is 35.5. The zero-order valence-corrected chi connectivity index (χ0v) is 65.5. The Labute approximate surface area is 586 Å². The van der Waals surface area contributed by atoms with E-state index in [2.05, 4.69) is 115 Å². The highest BCUT2D eigenvalue weighted by Gasteiger charge is 2.45. The minimum Gasteiger partial charge on any atom is -0.507 e. The maximum atomic E-state index is 11.0. The standard InChI is InChI=1S/2C36H60O2.3C4H9.CH2Cl2.Al/c1-5-6-7-8-9-10-11-12-13-14-15-16-17-18-19-20-21-22-23-30-27-33(37)35-31-26-29(2)24-25-32(31)36(3,4)38-34(35)28-30;1-5-6-7-8-9-10-11-12-13-14-15-16-17-18-19-20-21-22-23-31-27-34(37)36(35(38)28-31)33-26-30(4)24-25-32(33)29(2)3;3*1-4(2)3;2-1-3;/h26-28,31-32,37H,5-25H2,1-4H3;26-28,32-33,37-38H,2,5-25H2,1,3-4H3;3*4H,1H2,2-3H3;1H2;/t31-,32-;32-,33+;;;;;/m10...../s1. The van der Waals surface area contributed by atoms with Gasteiger partial charge in [-0.05, 0) is 127 Å². The number of benzene rings is 2. The van der Waals surface area contributed by atoms with Crippen LogP contribution in [0.3, 0.4) is 0 Å². The molecule has 4 nitrogen and oxygen atoms in total. The molecule has 0 unspecified atom stereocenters. The van der Waals surface area contributed by atoms with Crippen molar-refractivity contribution in [3.8, 4) is 23.0 Å². The molecule has 1 heterocycles. The first-order chi connectivity index (χ1) is 44.2. The van der Waals surface area contributed by atoms with Gasteiger partial charge >= 0.3 is 0 Å². The maximum Gasteiger partial charge on any atom is 0.262 e. The monoisotopic (exact) mass is 1330 g/mol. The van der Waals surface area contributed by atoms with Gasteiger partial charge in [0.1, 0.15) is 28.6 Å². The Morgan fingerprint density at radius 1 is 0.478 bits per heavy atom. The summed E-state index contributed by atoms with van der Waals surface area (Å²) >= 11 is 9.12. The van der Waals surface area contributed by atoms with Gasteiger partial charge in [-0.15, -0.1) is 23.2 Å². The van der Waals surface area contributed by atoms with Gasteiger partial charge in [-0.1, -0.05) is 343 Å². The van der Waals surface area contributed by atoms with Crippen LogP contribution in [-0.4, -0.2) is 40.4 Å². The Balaban J connectivity index is 0.000000508. The molecule has 0 saturated heterocycles. The molecular formula is C85H149AlCl2O4. The van der Waals surface area contributed by atoms with Gasteiger partial charge in [0.2, 0.25) is 0 Å². The predicted octanol–water partition coefficient (Wildman–Crippen LogP) is 29.2. The molecule has 2 aromatic rings. The number of aromatic hydroxyl groups is 3. The largest absolute Gasteiger partial charge is 0.507 e. The van der Waals surface area contributed by atoms with Crippen LogP contribution >= 0.6 is 23.2 Å². The van der Waals surface area contributed by atoms with E-state index >= 15 is 0 Å². The minimum absolute atomic E-state index is 0.0143. The summed E-state index contributed by atoms with van der Waals surface area (Å²) in [7, 11) is 0. The second-order valence-corrected chi connectivity index (χ2v) is 35.3. The third-order valence-electron chi connectivity index (χ3n) is 20.5. The van der Waals surface area contributed by atoms with E-state index in [1.165, 1.54) is 241 Å². The van der Waals surface area contributed by atoms with E-state index < -0.39 is 14.1 Å². The van der Waals surface area contributed by atoms with Crippen molar-refractivity contribution in [1.82, 2.24) is 0 Å². The molecule has 0 fully saturated rings. The van der Waals surface area contributed by atoms with Crippen LogP contribution in [0.5, 0.6) is 23.0 Å². The van der Waals surface area contributed by atoms with Crippen LogP contribution in [0.1, 0.15) is 381 Å². The summed E-state index contributed by atoms with van der Waals surface area (Å²) in [5.74, 6) is 5.62. The van der Waals surface area contributed by atoms with Gasteiger partial charge in [0.05, 0.1) is 5.34 Å². The zero-order chi connectivity index (χ0) is 67.9. The van der Waals surface area contributed by atoms with Crippen LogP contribution in [0.4, 0.5) is 0 Å². The van der Waals surface area contributed by atoms with E-state index in [0.717, 1.165) is 85.1 Å². The molecule has 2 aromatic carbocycles. The second kappa shape index (κ2) is 53.0. The average Bonchev–Trinajstić information content (AvgIpc) is 0.757. The number of halogens is 2. The van der Waals surface area contributed by atoms with Crippen LogP contribution in [0.2, 0.25) is 15.8 Å². The zero-order valence-electron chi connectivity index (χ0n) is 62.8. The van der Waals surface area contributed by atoms with Gasteiger partial charge in [0, 0.05) is 28.9 Å². The number of alkyl halides is 2. The fourth-order valence-corrected chi connectivity index (χ4v) is 20.1. The van der Waals surface area contributed by atoms with Crippen LogP contribution in [0.15, 0.2) is 59.7 Å². The fourth-order valence-electron chi connectivity index (χ4n) is 15.5. The van der Waals surface area contributed by atoms with Crippen molar-refractivity contribution in [2.45, 2.75) is 393 Å². The SMILES string of the molecule is C=C(C)[C@@H]1CCC(C)=C[C@H]1c1c(O)cc(CCCCCCCCCCCCCCCCCCCC)cc1O.CC(C)[CH2][Al]([CH2]C(C)C)[CH2]C(C)C.CCCCCCCCCCCCCCCCCCCCc1cc(O)c2c(c1)OC(C)(C)[C@@H]1CCC(C)=C[C@@H]21.ClCCl. The lowest BCUT2D eigenvalue weighted by atomic mass is 9.68. The predicted molar refractivity (Wildman–Crippen MR) is 412 cm³/mol. The van der Waals surface area contributed by atoms with Crippen molar-refractivity contribution in [3.63, 3.8) is 0 Å². The summed E-state index contributed by atoms with van der Waals surface area (Å²) in [4.78, 5) is 0. The van der Waals surface area contributed by atoms with Gasteiger partial charge in [0.15, 0.2) is 0 Å². The Hall–Kier alpha value is -2.03. The van der Waals surface area contributed by atoms with Gasteiger partial charge < -0.3 is 20.1 Å². The number of allylic oxidation sites excluding steroid dienone is 5. The first-order valence-electron chi connectivity index (χ1n) is 39.4. The molecule has 0 amide bonds.